The van der Waals surface area contributed by atoms with E-state index in [2.05, 4.69) is 42.9 Å². The Morgan fingerprint density at radius 1 is 1.41 bits per heavy atom. The first-order valence-corrected chi connectivity index (χ1v) is 5.80. The van der Waals surface area contributed by atoms with E-state index in [4.69, 9.17) is 5.26 Å². The fraction of sp³-hybridized carbons (Fsp3) is 0.429. The van der Waals surface area contributed by atoms with Gasteiger partial charge in [0.05, 0.1) is 12.0 Å². The number of aromatic amines is 1. The predicted octanol–water partition coefficient (Wildman–Crippen LogP) is 3.49. The number of rotatable bonds is 1. The van der Waals surface area contributed by atoms with E-state index in [1.54, 1.807) is 0 Å². The molecule has 0 unspecified atom stereocenters. The van der Waals surface area contributed by atoms with Crippen molar-refractivity contribution in [2.75, 3.05) is 0 Å². The molecule has 3 heteroatoms. The maximum atomic E-state index is 9.01. The fourth-order valence-electron chi connectivity index (χ4n) is 1.86. The summed E-state index contributed by atoms with van der Waals surface area (Å²) in [6, 6.07) is 4.41. The van der Waals surface area contributed by atoms with Crippen LogP contribution in [0, 0.1) is 11.3 Å². The molecule has 0 saturated carbocycles. The minimum Gasteiger partial charge on any atom is -0.346 e. The number of fused-ring (bicyclic) bond motifs is 1. The van der Waals surface area contributed by atoms with Crippen LogP contribution in [0.15, 0.2) is 18.5 Å². The monoisotopic (exact) mass is 227 g/mol. The lowest BCUT2D eigenvalue weighted by molar-refractivity contribution is 0.588. The number of H-pyrrole nitrogens is 1. The van der Waals surface area contributed by atoms with Crippen LogP contribution in [0.4, 0.5) is 0 Å². The zero-order valence-electron chi connectivity index (χ0n) is 10.7. The summed E-state index contributed by atoms with van der Waals surface area (Å²) in [5.74, 6) is -0.110. The third-order valence-electron chi connectivity index (χ3n) is 3.09. The van der Waals surface area contributed by atoms with Gasteiger partial charge in [-0.1, -0.05) is 20.8 Å². The molecule has 88 valence electrons. The van der Waals surface area contributed by atoms with Crippen LogP contribution >= 0.6 is 0 Å². The van der Waals surface area contributed by atoms with Gasteiger partial charge in [-0.2, -0.15) is 5.26 Å². The lowest BCUT2D eigenvalue weighted by Gasteiger charge is -2.18. The number of nitrogens with zero attached hydrogens (tertiary/aromatic N) is 2. The summed E-state index contributed by atoms with van der Waals surface area (Å²) in [7, 11) is 0. The van der Waals surface area contributed by atoms with Crippen molar-refractivity contribution < 1.29 is 0 Å². The second-order valence-corrected chi connectivity index (χ2v) is 5.46. The van der Waals surface area contributed by atoms with Crippen molar-refractivity contribution in [3.05, 3.63) is 29.6 Å². The molecule has 17 heavy (non-hydrogen) atoms. The number of nitrogens with one attached hydrogen (secondary N) is 1. The van der Waals surface area contributed by atoms with Gasteiger partial charge in [0.2, 0.25) is 0 Å². The van der Waals surface area contributed by atoms with E-state index < -0.39 is 0 Å². The molecule has 0 radical (unpaired) electrons. The SMILES string of the molecule is C[C@H](C#N)c1c[nH]c2ncc(C(C)(C)C)cc12. The maximum absolute atomic E-state index is 9.01. The molecule has 0 spiro atoms. The molecule has 2 heterocycles. The van der Waals surface area contributed by atoms with E-state index in [0.29, 0.717) is 0 Å². The summed E-state index contributed by atoms with van der Waals surface area (Å²) < 4.78 is 0. The first kappa shape index (κ1) is 11.7. The van der Waals surface area contributed by atoms with Gasteiger partial charge in [0.25, 0.3) is 0 Å². The summed E-state index contributed by atoms with van der Waals surface area (Å²) in [4.78, 5) is 7.54. The zero-order valence-corrected chi connectivity index (χ0v) is 10.7. The van der Waals surface area contributed by atoms with Gasteiger partial charge in [0.15, 0.2) is 0 Å². The Labute approximate surface area is 101 Å². The van der Waals surface area contributed by atoms with Crippen LogP contribution in [0.5, 0.6) is 0 Å². The van der Waals surface area contributed by atoms with Gasteiger partial charge in [0, 0.05) is 17.8 Å². The summed E-state index contributed by atoms with van der Waals surface area (Å²) in [5, 5.41) is 10.1. The smallest absolute Gasteiger partial charge is 0.137 e. The minimum atomic E-state index is -0.110. The molecule has 3 nitrogen and oxygen atoms in total. The van der Waals surface area contributed by atoms with E-state index >= 15 is 0 Å². The molecule has 0 amide bonds. The van der Waals surface area contributed by atoms with Crippen molar-refractivity contribution in [1.29, 1.82) is 5.26 Å². The number of pyridine rings is 1. The molecule has 0 aliphatic heterocycles. The summed E-state index contributed by atoms with van der Waals surface area (Å²) >= 11 is 0. The Bertz CT molecular complexity index is 582. The number of aromatic nitrogens is 2. The van der Waals surface area contributed by atoms with Crippen molar-refractivity contribution >= 4 is 11.0 Å². The molecule has 2 aromatic heterocycles. The molecule has 0 aliphatic carbocycles. The van der Waals surface area contributed by atoms with E-state index in [9.17, 15) is 0 Å². The number of hydrogen-bond acceptors (Lipinski definition) is 2. The van der Waals surface area contributed by atoms with Crippen LogP contribution in [-0.4, -0.2) is 9.97 Å². The standard InChI is InChI=1S/C14H17N3/c1-9(6-15)12-8-17-13-11(12)5-10(7-16-13)14(2,3)4/h5,7-9H,1-4H3,(H,16,17)/t9-/m1/s1. The number of hydrogen-bond donors (Lipinski definition) is 1. The lowest BCUT2D eigenvalue weighted by Crippen LogP contribution is -2.11. The van der Waals surface area contributed by atoms with Crippen LogP contribution in [0.3, 0.4) is 0 Å². The van der Waals surface area contributed by atoms with Crippen LogP contribution in [0.2, 0.25) is 0 Å². The third-order valence-corrected chi connectivity index (χ3v) is 3.09. The van der Waals surface area contributed by atoms with Gasteiger partial charge in [-0.15, -0.1) is 0 Å². The van der Waals surface area contributed by atoms with Gasteiger partial charge in [0.1, 0.15) is 5.65 Å². The largest absolute Gasteiger partial charge is 0.346 e. The molecular weight excluding hydrogens is 210 g/mol. The molecule has 2 rings (SSSR count). The van der Waals surface area contributed by atoms with Crippen LogP contribution in [-0.2, 0) is 5.41 Å². The summed E-state index contributed by atoms with van der Waals surface area (Å²) in [6.45, 7) is 8.40. The Hall–Kier alpha value is -1.82. The zero-order chi connectivity index (χ0) is 12.6. The quantitative estimate of drug-likeness (QED) is 0.810. The minimum absolute atomic E-state index is 0.0750. The molecule has 0 aliphatic rings. The van der Waals surface area contributed by atoms with E-state index in [-0.39, 0.29) is 11.3 Å². The average molecular weight is 227 g/mol. The van der Waals surface area contributed by atoms with Crippen LogP contribution < -0.4 is 0 Å². The average Bonchev–Trinajstić information content (AvgIpc) is 2.69. The van der Waals surface area contributed by atoms with Gasteiger partial charge in [-0.3, -0.25) is 0 Å². The summed E-state index contributed by atoms with van der Waals surface area (Å²) in [5.41, 5.74) is 3.15. The van der Waals surface area contributed by atoms with Crippen LogP contribution in [0.25, 0.3) is 11.0 Å². The Morgan fingerprint density at radius 3 is 2.71 bits per heavy atom. The normalized spacial score (nSPS) is 13.6. The predicted molar refractivity (Wildman–Crippen MR) is 68.8 cm³/mol. The fourth-order valence-corrected chi connectivity index (χ4v) is 1.86. The topological polar surface area (TPSA) is 52.5 Å². The second-order valence-electron chi connectivity index (χ2n) is 5.46. The van der Waals surface area contributed by atoms with Crippen molar-refractivity contribution in [3.63, 3.8) is 0 Å². The Balaban J connectivity index is 2.63. The van der Waals surface area contributed by atoms with Crippen molar-refractivity contribution in [2.24, 2.45) is 0 Å². The Kier molecular flexibility index (Phi) is 2.66. The third kappa shape index (κ3) is 2.03. The highest BCUT2D eigenvalue weighted by Gasteiger charge is 2.17. The van der Waals surface area contributed by atoms with Crippen molar-refractivity contribution in [2.45, 2.75) is 39.0 Å². The van der Waals surface area contributed by atoms with Crippen molar-refractivity contribution in [1.82, 2.24) is 9.97 Å². The molecule has 0 saturated heterocycles. The molecule has 1 N–H and O–H groups in total. The molecular formula is C14H17N3. The molecule has 2 aromatic rings. The van der Waals surface area contributed by atoms with Gasteiger partial charge >= 0.3 is 0 Å². The van der Waals surface area contributed by atoms with E-state index in [1.165, 1.54) is 5.56 Å². The molecule has 0 fully saturated rings. The second kappa shape index (κ2) is 3.89. The molecule has 0 bridgehead atoms. The highest BCUT2D eigenvalue weighted by atomic mass is 14.8. The first-order valence-electron chi connectivity index (χ1n) is 5.80. The van der Waals surface area contributed by atoms with E-state index in [1.807, 2.05) is 19.3 Å². The highest BCUT2D eigenvalue weighted by molar-refractivity contribution is 5.81. The molecule has 1 atom stereocenters. The lowest BCUT2D eigenvalue weighted by atomic mass is 9.87. The number of nitriles is 1. The first-order chi connectivity index (χ1) is 7.93. The molecule has 0 aromatic carbocycles. The maximum Gasteiger partial charge on any atom is 0.137 e. The van der Waals surface area contributed by atoms with E-state index in [0.717, 1.165) is 16.6 Å². The van der Waals surface area contributed by atoms with Gasteiger partial charge in [-0.25, -0.2) is 4.98 Å². The highest BCUT2D eigenvalue weighted by Crippen LogP contribution is 2.29. The van der Waals surface area contributed by atoms with Gasteiger partial charge < -0.3 is 4.98 Å². The summed E-state index contributed by atoms with van der Waals surface area (Å²) in [6.07, 6.45) is 3.79. The van der Waals surface area contributed by atoms with Gasteiger partial charge in [-0.05, 0) is 29.5 Å². The Morgan fingerprint density at radius 2 is 2.12 bits per heavy atom. The van der Waals surface area contributed by atoms with Crippen molar-refractivity contribution in [3.8, 4) is 6.07 Å². The van der Waals surface area contributed by atoms with Crippen LogP contribution in [0.1, 0.15) is 44.7 Å².